The Balaban J connectivity index is 1.88. The highest BCUT2D eigenvalue weighted by Crippen LogP contribution is 2.37. The zero-order valence-corrected chi connectivity index (χ0v) is 19.7. The molecule has 0 aliphatic heterocycles. The maximum atomic E-state index is 12.8. The Morgan fingerprint density at radius 2 is 1.78 bits per heavy atom. The van der Waals surface area contributed by atoms with Gasteiger partial charge in [0.15, 0.2) is 0 Å². The SMILES string of the molecule is CC(NS(=O)(=O)c1ccc(-c2c(C#N)c3ccc(OC(F)F)cc3n2-c2ccccc2)nc1)C(F)(F)F. The van der Waals surface area contributed by atoms with E-state index in [2.05, 4.69) is 15.8 Å². The number of sulfonamides is 1. The minimum absolute atomic E-state index is 0.120. The summed E-state index contributed by atoms with van der Waals surface area (Å²) in [6, 6.07) is 14.7. The van der Waals surface area contributed by atoms with E-state index in [1.165, 1.54) is 24.3 Å². The van der Waals surface area contributed by atoms with Gasteiger partial charge < -0.3 is 9.30 Å². The second-order valence-electron chi connectivity index (χ2n) is 7.83. The topological polar surface area (TPSA) is 97.0 Å². The van der Waals surface area contributed by atoms with Crippen LogP contribution in [0, 0.1) is 11.3 Å². The van der Waals surface area contributed by atoms with Gasteiger partial charge >= 0.3 is 12.8 Å². The highest BCUT2D eigenvalue weighted by molar-refractivity contribution is 7.89. The molecule has 2 heterocycles. The van der Waals surface area contributed by atoms with Crippen LogP contribution in [0.3, 0.4) is 0 Å². The van der Waals surface area contributed by atoms with Crippen LogP contribution in [0.5, 0.6) is 5.75 Å². The van der Waals surface area contributed by atoms with Crippen molar-refractivity contribution in [3.63, 3.8) is 0 Å². The lowest BCUT2D eigenvalue weighted by atomic mass is 10.1. The Morgan fingerprint density at radius 3 is 2.35 bits per heavy atom. The molecular weight excluding hydrogens is 519 g/mol. The van der Waals surface area contributed by atoms with Gasteiger partial charge in [0, 0.05) is 23.3 Å². The number of para-hydroxylation sites is 1. The van der Waals surface area contributed by atoms with Crippen molar-refractivity contribution in [1.82, 2.24) is 14.3 Å². The van der Waals surface area contributed by atoms with Gasteiger partial charge in [0.2, 0.25) is 10.0 Å². The molecule has 7 nitrogen and oxygen atoms in total. The van der Waals surface area contributed by atoms with E-state index in [1.807, 2.05) is 0 Å². The molecule has 2 aromatic carbocycles. The van der Waals surface area contributed by atoms with E-state index in [-0.39, 0.29) is 22.7 Å². The molecule has 0 fully saturated rings. The van der Waals surface area contributed by atoms with Crippen LogP contribution in [0.1, 0.15) is 12.5 Å². The van der Waals surface area contributed by atoms with Gasteiger partial charge in [-0.25, -0.2) is 8.42 Å². The lowest BCUT2D eigenvalue weighted by molar-refractivity contribution is -0.147. The molecule has 4 aromatic rings. The Bertz CT molecular complexity index is 1580. The summed E-state index contributed by atoms with van der Waals surface area (Å²) in [4.78, 5) is 3.61. The molecule has 1 unspecified atom stereocenters. The average molecular weight is 536 g/mol. The van der Waals surface area contributed by atoms with E-state index in [0.717, 1.165) is 12.3 Å². The number of rotatable bonds is 7. The highest BCUT2D eigenvalue weighted by Gasteiger charge is 2.39. The number of fused-ring (bicyclic) bond motifs is 1. The molecular formula is C24H17F5N4O3S. The summed E-state index contributed by atoms with van der Waals surface area (Å²) in [5.41, 5.74) is 1.34. The van der Waals surface area contributed by atoms with Crippen molar-refractivity contribution in [3.05, 3.63) is 72.4 Å². The third-order valence-electron chi connectivity index (χ3n) is 5.40. The normalized spacial score (nSPS) is 13.0. The number of nitrogens with one attached hydrogen (secondary N) is 1. The first-order chi connectivity index (χ1) is 17.4. The second kappa shape index (κ2) is 9.79. The summed E-state index contributed by atoms with van der Waals surface area (Å²) in [6.07, 6.45) is -3.91. The first-order valence-electron chi connectivity index (χ1n) is 10.6. The van der Waals surface area contributed by atoms with Gasteiger partial charge in [0.25, 0.3) is 0 Å². The van der Waals surface area contributed by atoms with Crippen LogP contribution in [0.15, 0.2) is 71.8 Å². The Kier molecular flexibility index (Phi) is 6.90. The van der Waals surface area contributed by atoms with Gasteiger partial charge in [0.1, 0.15) is 22.8 Å². The number of nitriles is 1. The molecule has 0 amide bonds. The number of aromatic nitrogens is 2. The fraction of sp³-hybridized carbons (Fsp3) is 0.167. The number of nitrogens with zero attached hydrogens (tertiary/aromatic N) is 3. The average Bonchev–Trinajstić information content (AvgIpc) is 3.17. The first-order valence-corrected chi connectivity index (χ1v) is 12.0. The Labute approximate surface area is 207 Å². The van der Waals surface area contributed by atoms with Crippen LogP contribution in [0.4, 0.5) is 22.0 Å². The number of pyridine rings is 1. The maximum Gasteiger partial charge on any atom is 0.404 e. The van der Waals surface area contributed by atoms with E-state index in [1.54, 1.807) is 39.6 Å². The maximum absolute atomic E-state index is 12.8. The van der Waals surface area contributed by atoms with Crippen LogP contribution < -0.4 is 9.46 Å². The van der Waals surface area contributed by atoms with Crippen molar-refractivity contribution in [3.8, 4) is 28.9 Å². The fourth-order valence-electron chi connectivity index (χ4n) is 3.69. The van der Waals surface area contributed by atoms with E-state index >= 15 is 0 Å². The summed E-state index contributed by atoms with van der Waals surface area (Å²) < 4.78 is 96.7. The zero-order chi connectivity index (χ0) is 27.0. The largest absolute Gasteiger partial charge is 0.435 e. The quantitative estimate of drug-likeness (QED) is 0.319. The monoisotopic (exact) mass is 536 g/mol. The summed E-state index contributed by atoms with van der Waals surface area (Å²) in [5, 5.41) is 10.3. The third kappa shape index (κ3) is 5.25. The van der Waals surface area contributed by atoms with E-state index in [0.29, 0.717) is 23.5 Å². The third-order valence-corrected chi connectivity index (χ3v) is 6.93. The molecule has 0 radical (unpaired) electrons. The Morgan fingerprint density at radius 1 is 1.08 bits per heavy atom. The zero-order valence-electron chi connectivity index (χ0n) is 18.9. The molecule has 37 heavy (non-hydrogen) atoms. The van der Waals surface area contributed by atoms with Gasteiger partial charge in [-0.2, -0.15) is 31.9 Å². The minimum atomic E-state index is -4.79. The smallest absolute Gasteiger partial charge is 0.404 e. The summed E-state index contributed by atoms with van der Waals surface area (Å²) in [6.45, 7) is -2.40. The van der Waals surface area contributed by atoms with Gasteiger partial charge in [-0.05, 0) is 43.3 Å². The van der Waals surface area contributed by atoms with E-state index in [4.69, 9.17) is 0 Å². The fourth-order valence-corrected chi connectivity index (χ4v) is 4.87. The summed E-state index contributed by atoms with van der Waals surface area (Å²) >= 11 is 0. The van der Waals surface area contributed by atoms with Crippen LogP contribution in [0.25, 0.3) is 28.0 Å². The predicted octanol–water partition coefficient (Wildman–Crippen LogP) is 5.39. The van der Waals surface area contributed by atoms with Crippen molar-refractivity contribution in [2.75, 3.05) is 0 Å². The van der Waals surface area contributed by atoms with Crippen molar-refractivity contribution < 1.29 is 35.1 Å². The van der Waals surface area contributed by atoms with E-state index < -0.39 is 33.7 Å². The molecule has 4 rings (SSSR count). The highest BCUT2D eigenvalue weighted by atomic mass is 32.2. The van der Waals surface area contributed by atoms with Crippen molar-refractivity contribution in [1.29, 1.82) is 5.26 Å². The van der Waals surface area contributed by atoms with Crippen LogP contribution in [-0.4, -0.2) is 36.8 Å². The molecule has 1 N–H and O–H groups in total. The molecule has 1 atom stereocenters. The lowest BCUT2D eigenvalue weighted by Crippen LogP contribution is -2.42. The minimum Gasteiger partial charge on any atom is -0.435 e. The molecule has 0 aliphatic rings. The lowest BCUT2D eigenvalue weighted by Gasteiger charge is -2.17. The predicted molar refractivity (Wildman–Crippen MR) is 124 cm³/mol. The Hall–Kier alpha value is -4.02. The van der Waals surface area contributed by atoms with E-state index in [9.17, 15) is 35.6 Å². The standard InChI is InChI=1S/C24H17F5N4O3S/c1-14(24(27,28)29)32-37(34,35)17-8-10-20(31-13-17)22-19(12-30)18-9-7-16(36-23(25)26)11-21(18)33(22)15-5-3-2-4-6-15/h2-11,13-14,23,32H,1H3. The van der Waals surface area contributed by atoms with Gasteiger partial charge in [-0.15, -0.1) is 0 Å². The van der Waals surface area contributed by atoms with Gasteiger partial charge in [-0.1, -0.05) is 18.2 Å². The first kappa shape index (κ1) is 26.1. The molecule has 13 heteroatoms. The number of halogens is 5. The molecule has 0 aliphatic carbocycles. The molecule has 0 saturated carbocycles. The van der Waals surface area contributed by atoms with Crippen molar-refractivity contribution in [2.24, 2.45) is 0 Å². The molecule has 192 valence electrons. The van der Waals surface area contributed by atoms with Crippen LogP contribution in [0.2, 0.25) is 0 Å². The van der Waals surface area contributed by atoms with Gasteiger partial charge in [0.05, 0.1) is 22.5 Å². The van der Waals surface area contributed by atoms with Crippen molar-refractivity contribution in [2.45, 2.75) is 30.6 Å². The summed E-state index contributed by atoms with van der Waals surface area (Å²) in [7, 11) is -4.55. The summed E-state index contributed by atoms with van der Waals surface area (Å²) in [5.74, 6) is -0.146. The number of hydrogen-bond donors (Lipinski definition) is 1. The molecule has 2 aromatic heterocycles. The number of ether oxygens (including phenoxy) is 1. The molecule has 0 bridgehead atoms. The number of hydrogen-bond acceptors (Lipinski definition) is 5. The molecule has 0 spiro atoms. The van der Waals surface area contributed by atoms with Crippen LogP contribution >= 0.6 is 0 Å². The second-order valence-corrected chi connectivity index (χ2v) is 9.54. The van der Waals surface area contributed by atoms with Crippen molar-refractivity contribution >= 4 is 20.9 Å². The van der Waals surface area contributed by atoms with Crippen LogP contribution in [-0.2, 0) is 10.0 Å². The number of alkyl halides is 5. The number of benzene rings is 2. The van der Waals surface area contributed by atoms with Gasteiger partial charge in [-0.3, -0.25) is 4.98 Å². The molecule has 0 saturated heterocycles.